The fourth-order valence-corrected chi connectivity index (χ4v) is 6.33. The number of aliphatic carboxylic acids is 2. The molecule has 2 aliphatic heterocycles. The molecule has 3 aromatic carbocycles. The number of hydrogen-bond acceptors (Lipinski definition) is 5. The second-order valence-corrected chi connectivity index (χ2v) is 9.72. The minimum atomic E-state index is -2.05. The molecule has 0 bridgehead atoms. The number of carboxylic acids is 2. The van der Waals surface area contributed by atoms with Crippen molar-refractivity contribution < 1.29 is 29.7 Å². The Hall–Kier alpha value is -4.85. The molecule has 0 aliphatic carbocycles. The smallest absolute Gasteiger partial charge is 0.340 e. The molecular formula is C30H24N2O6. The van der Waals surface area contributed by atoms with Gasteiger partial charge in [0.2, 0.25) is 5.54 Å². The van der Waals surface area contributed by atoms with Gasteiger partial charge in [0.05, 0.1) is 16.8 Å². The number of fused-ring (bicyclic) bond motifs is 6. The van der Waals surface area contributed by atoms with Crippen LogP contribution in [0.15, 0.2) is 83.1 Å². The number of carboxylic acid groups (broad SMARTS) is 2. The standard InChI is InChI=1S/C30H24N2O6/c1-15-23(26(34)21-12-11-17-7-3-4-8-18(17)25(21)33)16(2)32-14-13-20-19-9-5-6-10-22(19)31-27(20)30(32,29(37)38)24(15)28(35)36/h3-12,31,33H,13-14H2,1-2H3,(H,35,36)(H,37,38). The number of para-hydroxylation sites is 1. The molecular weight excluding hydrogens is 484 g/mol. The third-order valence-electron chi connectivity index (χ3n) is 7.94. The molecule has 8 nitrogen and oxygen atoms in total. The molecule has 4 N–H and O–H groups in total. The van der Waals surface area contributed by atoms with Crippen molar-refractivity contribution in [1.82, 2.24) is 9.88 Å². The monoisotopic (exact) mass is 508 g/mol. The largest absolute Gasteiger partial charge is 0.507 e. The topological polar surface area (TPSA) is 131 Å². The summed E-state index contributed by atoms with van der Waals surface area (Å²) in [7, 11) is 0. The molecule has 1 unspecified atom stereocenters. The van der Waals surface area contributed by atoms with E-state index in [2.05, 4.69) is 4.98 Å². The molecule has 1 atom stereocenters. The van der Waals surface area contributed by atoms with Gasteiger partial charge in [0.1, 0.15) is 5.75 Å². The number of rotatable bonds is 4. The summed E-state index contributed by atoms with van der Waals surface area (Å²) in [6, 6.07) is 17.7. The third-order valence-corrected chi connectivity index (χ3v) is 7.94. The number of benzene rings is 3. The maximum atomic E-state index is 14.0. The van der Waals surface area contributed by atoms with Gasteiger partial charge in [-0.15, -0.1) is 0 Å². The lowest BCUT2D eigenvalue weighted by molar-refractivity contribution is -0.153. The van der Waals surface area contributed by atoms with E-state index in [1.165, 1.54) is 17.9 Å². The van der Waals surface area contributed by atoms with Gasteiger partial charge in [-0.2, -0.15) is 0 Å². The van der Waals surface area contributed by atoms with E-state index in [1.807, 2.05) is 36.4 Å². The van der Waals surface area contributed by atoms with Crippen LogP contribution < -0.4 is 0 Å². The molecule has 0 amide bonds. The Bertz CT molecular complexity index is 1790. The van der Waals surface area contributed by atoms with Crippen LogP contribution in [0.2, 0.25) is 0 Å². The average molecular weight is 509 g/mol. The third kappa shape index (κ3) is 2.88. The highest BCUT2D eigenvalue weighted by Crippen LogP contribution is 2.51. The van der Waals surface area contributed by atoms with E-state index < -0.39 is 28.8 Å². The summed E-state index contributed by atoms with van der Waals surface area (Å²) >= 11 is 0. The maximum absolute atomic E-state index is 14.0. The van der Waals surface area contributed by atoms with Crippen molar-refractivity contribution in [3.8, 4) is 5.75 Å². The highest BCUT2D eigenvalue weighted by molar-refractivity contribution is 6.18. The van der Waals surface area contributed by atoms with E-state index in [0.717, 1.165) is 16.3 Å². The maximum Gasteiger partial charge on any atom is 0.340 e. The Balaban J connectivity index is 1.63. The molecule has 4 aromatic rings. The van der Waals surface area contributed by atoms with Crippen LogP contribution in [0.4, 0.5) is 0 Å². The van der Waals surface area contributed by atoms with Gasteiger partial charge < -0.3 is 25.2 Å². The Kier molecular flexibility index (Phi) is 5.00. The molecule has 0 radical (unpaired) electrons. The van der Waals surface area contributed by atoms with Crippen LogP contribution >= 0.6 is 0 Å². The van der Waals surface area contributed by atoms with Crippen molar-refractivity contribution in [2.24, 2.45) is 0 Å². The van der Waals surface area contributed by atoms with Gasteiger partial charge in [0.15, 0.2) is 5.78 Å². The molecule has 3 heterocycles. The molecule has 0 saturated heterocycles. The molecule has 8 heteroatoms. The zero-order valence-corrected chi connectivity index (χ0v) is 20.7. The SMILES string of the molecule is CC1=C(C(=O)O)C2(C(=O)O)c3[nH]c4ccccc4c3CCN2C(C)=C1C(=O)c1ccc2ccccc2c1O. The first-order valence-corrected chi connectivity index (χ1v) is 12.2. The van der Waals surface area contributed by atoms with Gasteiger partial charge in [-0.25, -0.2) is 9.59 Å². The summed E-state index contributed by atoms with van der Waals surface area (Å²) in [6.07, 6.45) is 0.459. The quantitative estimate of drug-likeness (QED) is 0.293. The van der Waals surface area contributed by atoms with E-state index in [1.54, 1.807) is 25.1 Å². The van der Waals surface area contributed by atoms with E-state index in [9.17, 15) is 29.7 Å². The minimum absolute atomic E-state index is 0.0216. The van der Waals surface area contributed by atoms with E-state index >= 15 is 0 Å². The fourth-order valence-electron chi connectivity index (χ4n) is 6.33. The summed E-state index contributed by atoms with van der Waals surface area (Å²) in [5, 5.41) is 34.3. The highest BCUT2D eigenvalue weighted by atomic mass is 16.4. The summed E-state index contributed by atoms with van der Waals surface area (Å²) in [6.45, 7) is 3.30. The number of phenols is 1. The van der Waals surface area contributed by atoms with Crippen molar-refractivity contribution in [2.75, 3.05) is 6.54 Å². The van der Waals surface area contributed by atoms with E-state index in [0.29, 0.717) is 23.0 Å². The van der Waals surface area contributed by atoms with Crippen LogP contribution in [0.5, 0.6) is 5.75 Å². The number of ketones is 1. The normalized spacial score (nSPS) is 19.1. The second kappa shape index (κ2) is 8.08. The number of phenolic OH excluding ortho intramolecular Hbond substituents is 1. The van der Waals surface area contributed by atoms with Crippen molar-refractivity contribution in [3.63, 3.8) is 0 Å². The van der Waals surface area contributed by atoms with E-state index in [-0.39, 0.29) is 34.7 Å². The fraction of sp³-hybridized carbons (Fsp3) is 0.167. The van der Waals surface area contributed by atoms with E-state index in [4.69, 9.17) is 0 Å². The Morgan fingerprint density at radius 2 is 1.61 bits per heavy atom. The zero-order chi connectivity index (χ0) is 26.9. The van der Waals surface area contributed by atoms with Gasteiger partial charge in [0.25, 0.3) is 0 Å². The molecule has 6 rings (SSSR count). The van der Waals surface area contributed by atoms with Crippen molar-refractivity contribution in [2.45, 2.75) is 25.8 Å². The molecule has 0 fully saturated rings. The number of aromatic amines is 1. The molecule has 2 aliphatic rings. The Morgan fingerprint density at radius 3 is 2.32 bits per heavy atom. The Morgan fingerprint density at radius 1 is 0.921 bits per heavy atom. The lowest BCUT2D eigenvalue weighted by atomic mass is 9.71. The number of Topliss-reactive ketones (excluding diaryl/α,β-unsaturated/α-hetero) is 1. The predicted octanol–water partition coefficient (Wildman–Crippen LogP) is 4.74. The van der Waals surface area contributed by atoms with Gasteiger partial charge in [0, 0.05) is 34.1 Å². The van der Waals surface area contributed by atoms with Crippen LogP contribution in [0.1, 0.15) is 35.5 Å². The Labute approximate surface area is 217 Å². The number of H-pyrrole nitrogens is 1. The number of carbonyl (C=O) groups excluding carboxylic acids is 1. The first kappa shape index (κ1) is 23.5. The van der Waals surface area contributed by atoms with Gasteiger partial charge in [-0.1, -0.05) is 48.5 Å². The number of nitrogens with one attached hydrogen (secondary N) is 1. The van der Waals surface area contributed by atoms with Gasteiger partial charge in [-0.05, 0) is 48.9 Å². The number of aromatic hydroxyl groups is 1. The van der Waals surface area contributed by atoms with Gasteiger partial charge in [-0.3, -0.25) is 4.79 Å². The van der Waals surface area contributed by atoms with Crippen molar-refractivity contribution in [1.29, 1.82) is 0 Å². The first-order valence-electron chi connectivity index (χ1n) is 12.2. The van der Waals surface area contributed by atoms with Crippen molar-refractivity contribution >= 4 is 39.4 Å². The lowest BCUT2D eigenvalue weighted by Crippen LogP contribution is -2.59. The molecule has 0 saturated carbocycles. The van der Waals surface area contributed by atoms with Crippen LogP contribution in [0.25, 0.3) is 21.7 Å². The lowest BCUT2D eigenvalue weighted by Gasteiger charge is -2.49. The summed E-state index contributed by atoms with van der Waals surface area (Å²) < 4.78 is 0. The summed E-state index contributed by atoms with van der Waals surface area (Å²) in [5.74, 6) is -3.55. The number of allylic oxidation sites excluding steroid dienone is 3. The van der Waals surface area contributed by atoms with Crippen LogP contribution in [-0.4, -0.2) is 49.5 Å². The van der Waals surface area contributed by atoms with Crippen LogP contribution in [0.3, 0.4) is 0 Å². The minimum Gasteiger partial charge on any atom is -0.507 e. The molecule has 0 spiro atoms. The van der Waals surface area contributed by atoms with Crippen molar-refractivity contribution in [3.05, 3.63) is 99.9 Å². The summed E-state index contributed by atoms with van der Waals surface area (Å²) in [4.78, 5) is 44.7. The summed E-state index contributed by atoms with van der Waals surface area (Å²) in [5.41, 5.74) is -0.207. The first-order chi connectivity index (χ1) is 18.2. The second-order valence-electron chi connectivity index (χ2n) is 9.72. The van der Waals surface area contributed by atoms with Crippen LogP contribution in [-0.2, 0) is 21.5 Å². The highest BCUT2D eigenvalue weighted by Gasteiger charge is 2.59. The number of carbonyl (C=O) groups is 3. The number of hydrogen-bond donors (Lipinski definition) is 4. The molecule has 38 heavy (non-hydrogen) atoms. The number of aromatic nitrogens is 1. The predicted molar refractivity (Wildman–Crippen MR) is 141 cm³/mol. The van der Waals surface area contributed by atoms with Gasteiger partial charge >= 0.3 is 11.9 Å². The average Bonchev–Trinajstić information content (AvgIpc) is 3.28. The van der Waals surface area contributed by atoms with Crippen LogP contribution in [0, 0.1) is 0 Å². The molecule has 1 aromatic heterocycles. The molecule has 190 valence electrons. The zero-order valence-electron chi connectivity index (χ0n) is 20.7. The number of nitrogens with zero attached hydrogens (tertiary/aromatic N) is 1.